The number of likely N-dealkylation sites (tertiary alicyclic amines) is 1. The molecule has 142 valence electrons. The Bertz CT molecular complexity index is 794. The number of urea groups is 1. The lowest BCUT2D eigenvalue weighted by Gasteiger charge is -2.39. The van der Waals surface area contributed by atoms with Crippen LogP contribution in [0, 0.1) is 0 Å². The monoisotopic (exact) mass is 365 g/mol. The van der Waals surface area contributed by atoms with E-state index in [1.165, 1.54) is 0 Å². The predicted octanol–water partition coefficient (Wildman–Crippen LogP) is 2.66. The summed E-state index contributed by atoms with van der Waals surface area (Å²) >= 11 is 0. The Morgan fingerprint density at radius 3 is 2.56 bits per heavy atom. The SMILES string of the molecule is CN(C)[C@H]1CCN(C(=O)N2CCN(Cc3ccccn3)c3ccccc32)C1. The highest BCUT2D eigenvalue weighted by Gasteiger charge is 2.34. The molecule has 2 aliphatic rings. The third-order valence-corrected chi connectivity index (χ3v) is 5.58. The molecule has 0 N–H and O–H groups in total. The zero-order chi connectivity index (χ0) is 18.8. The molecule has 1 aromatic carbocycles. The molecule has 0 radical (unpaired) electrons. The van der Waals surface area contributed by atoms with Crippen LogP contribution in [-0.2, 0) is 6.54 Å². The minimum Gasteiger partial charge on any atom is -0.362 e. The van der Waals surface area contributed by atoms with Crippen LogP contribution in [0.2, 0.25) is 0 Å². The maximum Gasteiger partial charge on any atom is 0.324 e. The molecule has 0 saturated carbocycles. The Morgan fingerprint density at radius 1 is 1.07 bits per heavy atom. The Labute approximate surface area is 161 Å². The van der Waals surface area contributed by atoms with Crippen LogP contribution in [0.5, 0.6) is 0 Å². The van der Waals surface area contributed by atoms with Gasteiger partial charge in [-0.2, -0.15) is 0 Å². The number of anilines is 2. The van der Waals surface area contributed by atoms with Crippen molar-refractivity contribution in [3.8, 4) is 0 Å². The number of hydrogen-bond donors (Lipinski definition) is 0. The lowest BCUT2D eigenvalue weighted by Crippen LogP contribution is -2.49. The van der Waals surface area contributed by atoms with Gasteiger partial charge in [0.25, 0.3) is 0 Å². The third-order valence-electron chi connectivity index (χ3n) is 5.58. The Hall–Kier alpha value is -2.60. The molecule has 3 heterocycles. The number of hydrogen-bond acceptors (Lipinski definition) is 4. The maximum atomic E-state index is 13.2. The molecule has 6 nitrogen and oxygen atoms in total. The van der Waals surface area contributed by atoms with E-state index in [2.05, 4.69) is 41.0 Å². The summed E-state index contributed by atoms with van der Waals surface area (Å²) in [5.41, 5.74) is 3.14. The summed E-state index contributed by atoms with van der Waals surface area (Å²) in [6.45, 7) is 3.91. The van der Waals surface area contributed by atoms with Crippen molar-refractivity contribution in [3.63, 3.8) is 0 Å². The fraction of sp³-hybridized carbons (Fsp3) is 0.429. The summed E-state index contributed by atoms with van der Waals surface area (Å²) in [5.74, 6) is 0. The van der Waals surface area contributed by atoms with Gasteiger partial charge in [-0.15, -0.1) is 0 Å². The first-order valence-corrected chi connectivity index (χ1v) is 9.60. The van der Waals surface area contributed by atoms with E-state index in [0.717, 1.165) is 49.7 Å². The number of fused-ring (bicyclic) bond motifs is 1. The smallest absolute Gasteiger partial charge is 0.324 e. The van der Waals surface area contributed by atoms with E-state index in [4.69, 9.17) is 0 Å². The van der Waals surface area contributed by atoms with Crippen LogP contribution < -0.4 is 9.80 Å². The molecule has 2 aromatic rings. The minimum absolute atomic E-state index is 0.129. The zero-order valence-corrected chi connectivity index (χ0v) is 16.1. The molecule has 0 unspecified atom stereocenters. The van der Waals surface area contributed by atoms with E-state index < -0.39 is 0 Å². The van der Waals surface area contributed by atoms with Gasteiger partial charge in [0.05, 0.1) is 23.6 Å². The molecule has 0 bridgehead atoms. The quantitative estimate of drug-likeness (QED) is 0.839. The van der Waals surface area contributed by atoms with Gasteiger partial charge in [-0.25, -0.2) is 4.79 Å². The summed E-state index contributed by atoms with van der Waals surface area (Å²) in [5, 5.41) is 0. The molecule has 1 fully saturated rings. The number of nitrogens with zero attached hydrogens (tertiary/aromatic N) is 5. The van der Waals surface area contributed by atoms with Gasteiger partial charge >= 0.3 is 6.03 Å². The van der Waals surface area contributed by atoms with Crippen molar-refractivity contribution in [2.24, 2.45) is 0 Å². The minimum atomic E-state index is 0.129. The highest BCUT2D eigenvalue weighted by molar-refractivity contribution is 5.97. The summed E-state index contributed by atoms with van der Waals surface area (Å²) in [6.07, 6.45) is 2.87. The van der Waals surface area contributed by atoms with Gasteiger partial charge in [-0.3, -0.25) is 9.88 Å². The Morgan fingerprint density at radius 2 is 1.85 bits per heavy atom. The second-order valence-electron chi connectivity index (χ2n) is 7.52. The van der Waals surface area contributed by atoms with Gasteiger partial charge in [-0.1, -0.05) is 18.2 Å². The molecule has 4 rings (SSSR count). The van der Waals surface area contributed by atoms with Gasteiger partial charge in [0.1, 0.15) is 0 Å². The standard InChI is InChI=1S/C21H27N5O/c1-23(2)18-10-12-25(16-18)21(27)26-14-13-24(15-17-7-5-6-11-22-17)19-8-3-4-9-20(19)26/h3-9,11,18H,10,12-16H2,1-2H3/t18-/m0/s1. The number of benzene rings is 1. The van der Waals surface area contributed by atoms with Crippen LogP contribution in [0.25, 0.3) is 0 Å². The second-order valence-corrected chi connectivity index (χ2v) is 7.52. The van der Waals surface area contributed by atoms with Gasteiger partial charge in [0.15, 0.2) is 0 Å². The summed E-state index contributed by atoms with van der Waals surface area (Å²) in [4.78, 5) is 26.1. The van der Waals surface area contributed by atoms with E-state index in [0.29, 0.717) is 12.6 Å². The molecular weight excluding hydrogens is 338 g/mol. The Balaban J connectivity index is 1.53. The Kier molecular flexibility index (Phi) is 4.99. The van der Waals surface area contributed by atoms with E-state index in [1.807, 2.05) is 46.3 Å². The van der Waals surface area contributed by atoms with Crippen LogP contribution in [0.15, 0.2) is 48.7 Å². The topological polar surface area (TPSA) is 42.9 Å². The number of amides is 2. The number of carbonyl (C=O) groups is 1. The second kappa shape index (κ2) is 7.56. The lowest BCUT2D eigenvalue weighted by molar-refractivity contribution is 0.209. The van der Waals surface area contributed by atoms with Crippen molar-refractivity contribution >= 4 is 17.4 Å². The zero-order valence-electron chi connectivity index (χ0n) is 16.1. The normalized spacial score (nSPS) is 19.5. The molecule has 1 saturated heterocycles. The molecule has 0 aliphatic carbocycles. The molecule has 1 aromatic heterocycles. The van der Waals surface area contributed by atoms with E-state index in [1.54, 1.807) is 0 Å². The molecule has 2 amide bonds. The van der Waals surface area contributed by atoms with Crippen molar-refractivity contribution < 1.29 is 4.79 Å². The molecule has 6 heteroatoms. The predicted molar refractivity (Wildman–Crippen MR) is 108 cm³/mol. The number of likely N-dealkylation sites (N-methyl/N-ethyl adjacent to an activating group) is 1. The molecule has 0 spiro atoms. The largest absolute Gasteiger partial charge is 0.362 e. The fourth-order valence-corrected chi connectivity index (χ4v) is 3.98. The van der Waals surface area contributed by atoms with E-state index >= 15 is 0 Å². The number of para-hydroxylation sites is 2. The highest BCUT2D eigenvalue weighted by Crippen LogP contribution is 2.34. The lowest BCUT2D eigenvalue weighted by atomic mass is 10.1. The van der Waals surface area contributed by atoms with Crippen LogP contribution in [0.1, 0.15) is 12.1 Å². The van der Waals surface area contributed by atoms with Gasteiger partial charge in [0.2, 0.25) is 0 Å². The molecule has 2 aliphatic heterocycles. The van der Waals surface area contributed by atoms with Crippen molar-refractivity contribution in [2.75, 3.05) is 50.1 Å². The van der Waals surface area contributed by atoms with Crippen LogP contribution >= 0.6 is 0 Å². The highest BCUT2D eigenvalue weighted by atomic mass is 16.2. The van der Waals surface area contributed by atoms with E-state index in [-0.39, 0.29) is 6.03 Å². The molecular formula is C21H27N5O. The van der Waals surface area contributed by atoms with Crippen LogP contribution in [0.4, 0.5) is 16.2 Å². The number of rotatable bonds is 3. The van der Waals surface area contributed by atoms with Crippen molar-refractivity contribution in [1.29, 1.82) is 0 Å². The number of aromatic nitrogens is 1. The van der Waals surface area contributed by atoms with Crippen molar-refractivity contribution in [2.45, 2.75) is 19.0 Å². The van der Waals surface area contributed by atoms with Gasteiger partial charge < -0.3 is 14.7 Å². The first kappa shape index (κ1) is 17.8. The first-order valence-electron chi connectivity index (χ1n) is 9.60. The van der Waals surface area contributed by atoms with Crippen LogP contribution in [0.3, 0.4) is 0 Å². The number of carbonyl (C=O) groups excluding carboxylic acids is 1. The van der Waals surface area contributed by atoms with Gasteiger partial charge in [-0.05, 0) is 44.8 Å². The summed E-state index contributed by atoms with van der Waals surface area (Å²) < 4.78 is 0. The summed E-state index contributed by atoms with van der Waals surface area (Å²) in [7, 11) is 4.18. The van der Waals surface area contributed by atoms with Crippen LogP contribution in [-0.4, -0.2) is 67.1 Å². The molecule has 1 atom stereocenters. The molecule has 27 heavy (non-hydrogen) atoms. The summed E-state index contributed by atoms with van der Waals surface area (Å²) in [6, 6.07) is 14.8. The maximum absolute atomic E-state index is 13.2. The average molecular weight is 365 g/mol. The van der Waals surface area contributed by atoms with Crippen molar-refractivity contribution in [1.82, 2.24) is 14.8 Å². The fourth-order valence-electron chi connectivity index (χ4n) is 3.98. The third kappa shape index (κ3) is 3.62. The average Bonchev–Trinajstić information content (AvgIpc) is 3.19. The first-order chi connectivity index (χ1) is 13.1. The van der Waals surface area contributed by atoms with E-state index in [9.17, 15) is 4.79 Å². The number of pyridine rings is 1. The van der Waals surface area contributed by atoms with Gasteiger partial charge in [0, 0.05) is 38.4 Å². The van der Waals surface area contributed by atoms with Crippen molar-refractivity contribution in [3.05, 3.63) is 54.4 Å².